The van der Waals surface area contributed by atoms with Crippen molar-refractivity contribution in [2.45, 2.75) is 0 Å². The number of hydrogen-bond donors (Lipinski definition) is 1. The summed E-state index contributed by atoms with van der Waals surface area (Å²) >= 11 is 5.48. The van der Waals surface area contributed by atoms with Gasteiger partial charge < -0.3 is 9.98 Å². The van der Waals surface area contributed by atoms with Crippen molar-refractivity contribution in [3.05, 3.63) is 28.6 Å². The van der Waals surface area contributed by atoms with E-state index in [1.54, 1.807) is 0 Å². The second-order valence-electron chi connectivity index (χ2n) is 1.65. The summed E-state index contributed by atoms with van der Waals surface area (Å²) in [6.45, 7) is 0. The molecule has 1 aromatic rings. The third-order valence-electron chi connectivity index (χ3n) is 0.995. The second-order valence-corrected chi connectivity index (χ2v) is 2.06. The number of rotatable bonds is 0. The van der Waals surface area contributed by atoms with E-state index in [1.165, 1.54) is 13.1 Å². The van der Waals surface area contributed by atoms with Gasteiger partial charge in [-0.2, -0.15) is 0 Å². The predicted molar refractivity (Wildman–Crippen MR) is 36.1 cm³/mol. The largest absolute Gasteiger partial charge is 0.434 e. The normalized spacial score (nSPS) is 11.0. The summed E-state index contributed by atoms with van der Waals surface area (Å²) in [5.74, 6) is -0.521. The molecule has 0 saturated heterocycles. The molecule has 11 heavy (non-hydrogen) atoms. The first kappa shape index (κ1) is 11.3. The molecule has 0 unspecified atom stereocenters. The SMILES string of the molecule is CN=c1[nH]c(Cl)c[c-]c1F.[Y]. The zero-order valence-electron chi connectivity index (χ0n) is 5.86. The minimum absolute atomic E-state index is 0. The standard InChI is InChI=1S/C6H5ClFN2.Y/c1-9-6-4(8)2-3-5(7)10-6;/h3H,1H3,(H,9,10);/q-1;. The zero-order valence-corrected chi connectivity index (χ0v) is 9.45. The van der Waals surface area contributed by atoms with Crippen molar-refractivity contribution in [3.8, 4) is 0 Å². The van der Waals surface area contributed by atoms with Crippen molar-refractivity contribution in [3.63, 3.8) is 0 Å². The maximum absolute atomic E-state index is 12.5. The summed E-state index contributed by atoms with van der Waals surface area (Å²) in [6.07, 6.45) is 0. The Kier molecular flexibility index (Phi) is 5.14. The van der Waals surface area contributed by atoms with E-state index in [4.69, 9.17) is 11.6 Å². The number of aromatic nitrogens is 1. The van der Waals surface area contributed by atoms with Crippen LogP contribution in [0.2, 0.25) is 5.15 Å². The molecule has 0 aliphatic carbocycles. The molecule has 0 aromatic carbocycles. The molecule has 5 heteroatoms. The molecular weight excluding hydrogens is 243 g/mol. The molecular formula is C6H5ClFN2Y-. The van der Waals surface area contributed by atoms with Crippen LogP contribution in [0.5, 0.6) is 0 Å². The second kappa shape index (κ2) is 5.01. The Balaban J connectivity index is 0.000001000. The number of nitrogens with one attached hydrogen (secondary N) is 1. The van der Waals surface area contributed by atoms with Crippen LogP contribution in [-0.2, 0) is 32.7 Å². The van der Waals surface area contributed by atoms with Gasteiger partial charge in [-0.25, -0.2) is 4.39 Å². The number of aromatic amines is 1. The van der Waals surface area contributed by atoms with E-state index in [-0.39, 0.29) is 38.2 Å². The Labute approximate surface area is 93.8 Å². The van der Waals surface area contributed by atoms with Crippen LogP contribution in [-0.4, -0.2) is 12.0 Å². The van der Waals surface area contributed by atoms with Gasteiger partial charge in [0.15, 0.2) is 0 Å². The fraction of sp³-hybridized carbons (Fsp3) is 0.167. The van der Waals surface area contributed by atoms with Gasteiger partial charge in [0.2, 0.25) is 0 Å². The minimum Gasteiger partial charge on any atom is -0.434 e. The first-order valence-electron chi connectivity index (χ1n) is 2.63. The Bertz CT molecular complexity index is 297. The Morgan fingerprint density at radius 3 is 2.82 bits per heavy atom. The van der Waals surface area contributed by atoms with Crippen LogP contribution in [0.1, 0.15) is 0 Å². The molecule has 0 aliphatic heterocycles. The molecule has 1 N–H and O–H groups in total. The van der Waals surface area contributed by atoms with Crippen LogP contribution in [0.15, 0.2) is 11.1 Å². The van der Waals surface area contributed by atoms with Crippen molar-refractivity contribution >= 4 is 11.6 Å². The van der Waals surface area contributed by atoms with E-state index in [2.05, 4.69) is 16.0 Å². The van der Waals surface area contributed by atoms with Crippen LogP contribution in [0.3, 0.4) is 0 Å². The molecule has 57 valence electrons. The maximum Gasteiger partial charge on any atom is 0.0518 e. The minimum atomic E-state index is -0.521. The van der Waals surface area contributed by atoms with Crippen molar-refractivity contribution < 1.29 is 37.1 Å². The number of pyridine rings is 1. The summed E-state index contributed by atoms with van der Waals surface area (Å²) in [7, 11) is 1.47. The fourth-order valence-electron chi connectivity index (χ4n) is 0.553. The van der Waals surface area contributed by atoms with Crippen LogP contribution in [0.25, 0.3) is 0 Å². The number of H-pyrrole nitrogens is 1. The van der Waals surface area contributed by atoms with Crippen LogP contribution < -0.4 is 5.49 Å². The van der Waals surface area contributed by atoms with E-state index in [1.807, 2.05) is 0 Å². The summed E-state index contributed by atoms with van der Waals surface area (Å²) in [5, 5.41) is 0.321. The molecule has 0 fully saturated rings. The summed E-state index contributed by atoms with van der Waals surface area (Å²) < 4.78 is 12.5. The Morgan fingerprint density at radius 1 is 1.73 bits per heavy atom. The van der Waals surface area contributed by atoms with E-state index in [0.29, 0.717) is 5.15 Å². The zero-order chi connectivity index (χ0) is 7.56. The molecule has 0 saturated carbocycles. The van der Waals surface area contributed by atoms with Crippen molar-refractivity contribution in [2.75, 3.05) is 7.05 Å². The summed E-state index contributed by atoms with van der Waals surface area (Å²) in [4.78, 5) is 6.10. The molecule has 1 aromatic heterocycles. The molecule has 0 bridgehead atoms. The third kappa shape index (κ3) is 3.01. The van der Waals surface area contributed by atoms with Crippen molar-refractivity contribution in [1.82, 2.24) is 4.98 Å². The van der Waals surface area contributed by atoms with Crippen LogP contribution in [0.4, 0.5) is 4.39 Å². The number of halogens is 2. The van der Waals surface area contributed by atoms with E-state index in [9.17, 15) is 4.39 Å². The average Bonchev–Trinajstić information content (AvgIpc) is 1.94. The fourth-order valence-corrected chi connectivity index (χ4v) is 0.697. The van der Waals surface area contributed by atoms with Gasteiger partial charge in [0, 0.05) is 45.2 Å². The van der Waals surface area contributed by atoms with E-state index < -0.39 is 5.82 Å². The van der Waals surface area contributed by atoms with Crippen molar-refractivity contribution in [2.24, 2.45) is 4.99 Å². The van der Waals surface area contributed by atoms with E-state index in [0.717, 1.165) is 0 Å². The monoisotopic (exact) mass is 248 g/mol. The van der Waals surface area contributed by atoms with Gasteiger partial charge in [0.1, 0.15) is 0 Å². The molecule has 2 nitrogen and oxygen atoms in total. The Morgan fingerprint density at radius 2 is 2.36 bits per heavy atom. The molecule has 0 atom stereocenters. The van der Waals surface area contributed by atoms with Gasteiger partial charge in [-0.15, -0.1) is 23.7 Å². The van der Waals surface area contributed by atoms with Gasteiger partial charge in [-0.05, 0) is 5.15 Å². The molecule has 0 amide bonds. The van der Waals surface area contributed by atoms with Gasteiger partial charge in [-0.1, -0.05) is 0 Å². The third-order valence-corrected chi connectivity index (χ3v) is 1.20. The molecule has 0 spiro atoms. The van der Waals surface area contributed by atoms with Gasteiger partial charge >= 0.3 is 0 Å². The Hall–Kier alpha value is 0.274. The first-order chi connectivity index (χ1) is 4.74. The summed E-state index contributed by atoms with van der Waals surface area (Å²) in [5.41, 5.74) is 0.118. The predicted octanol–water partition coefficient (Wildman–Crippen LogP) is 1.14. The quantitative estimate of drug-likeness (QED) is 0.527. The first-order valence-corrected chi connectivity index (χ1v) is 3.00. The number of nitrogens with zero attached hydrogens (tertiary/aromatic N) is 1. The van der Waals surface area contributed by atoms with E-state index >= 15 is 0 Å². The maximum atomic E-state index is 12.5. The molecule has 1 rings (SSSR count). The van der Waals surface area contributed by atoms with Gasteiger partial charge in [0.25, 0.3) is 0 Å². The average molecular weight is 248 g/mol. The van der Waals surface area contributed by atoms with Crippen molar-refractivity contribution in [1.29, 1.82) is 0 Å². The summed E-state index contributed by atoms with van der Waals surface area (Å²) in [6, 6.07) is 3.61. The molecule has 1 heterocycles. The van der Waals surface area contributed by atoms with Gasteiger partial charge in [0.05, 0.1) is 5.82 Å². The smallest absolute Gasteiger partial charge is 0.0518 e. The number of hydrogen-bond acceptors (Lipinski definition) is 1. The topological polar surface area (TPSA) is 28.1 Å². The van der Waals surface area contributed by atoms with Crippen LogP contribution in [0, 0.1) is 11.9 Å². The van der Waals surface area contributed by atoms with Crippen LogP contribution >= 0.6 is 11.6 Å². The molecule has 1 radical (unpaired) electrons. The van der Waals surface area contributed by atoms with Gasteiger partial charge in [-0.3, -0.25) is 0 Å². The molecule has 0 aliphatic rings.